The fraction of sp³-hybridized carbons (Fsp3) is 0.462. The first-order valence-corrected chi connectivity index (χ1v) is 5.79. The van der Waals surface area contributed by atoms with Gasteiger partial charge in [-0.1, -0.05) is 12.1 Å². The predicted octanol–water partition coefficient (Wildman–Crippen LogP) is 1.18. The van der Waals surface area contributed by atoms with Gasteiger partial charge in [0.25, 0.3) is 5.91 Å². The van der Waals surface area contributed by atoms with Crippen molar-refractivity contribution in [2.24, 2.45) is 0 Å². The molecule has 1 saturated carbocycles. The summed E-state index contributed by atoms with van der Waals surface area (Å²) in [6.45, 7) is 0.0924. The normalized spacial score (nSPS) is 14.5. The molecule has 0 aromatic heterocycles. The number of carbonyl (C=O) groups is 1. The Morgan fingerprint density at radius 2 is 2.06 bits per heavy atom. The Bertz CT molecular complexity index is 384. The molecule has 0 atom stereocenters. The Balaban J connectivity index is 1.82. The zero-order chi connectivity index (χ0) is 12.3. The Labute approximate surface area is 101 Å². The van der Waals surface area contributed by atoms with Crippen molar-refractivity contribution in [2.45, 2.75) is 25.5 Å². The average Bonchev–Trinajstić information content (AvgIpc) is 3.20. The molecule has 1 N–H and O–H groups in total. The van der Waals surface area contributed by atoms with Gasteiger partial charge in [0.15, 0.2) is 6.61 Å². The van der Waals surface area contributed by atoms with E-state index >= 15 is 0 Å². The molecule has 2 rings (SSSR count). The molecule has 17 heavy (non-hydrogen) atoms. The van der Waals surface area contributed by atoms with Gasteiger partial charge in [-0.05, 0) is 30.5 Å². The van der Waals surface area contributed by atoms with Gasteiger partial charge in [-0.15, -0.1) is 0 Å². The molecule has 92 valence electrons. The number of benzene rings is 1. The number of hydrogen-bond donors (Lipinski definition) is 1. The number of aliphatic hydroxyl groups is 1. The first-order chi connectivity index (χ1) is 8.20. The van der Waals surface area contributed by atoms with E-state index in [0.717, 1.165) is 18.4 Å². The van der Waals surface area contributed by atoms with Crippen LogP contribution in [-0.4, -0.2) is 35.6 Å². The van der Waals surface area contributed by atoms with Gasteiger partial charge < -0.3 is 14.7 Å². The largest absolute Gasteiger partial charge is 0.484 e. The minimum absolute atomic E-state index is 0.0127. The number of amides is 1. The number of ether oxygens (including phenoxy) is 1. The van der Waals surface area contributed by atoms with Crippen LogP contribution in [0.4, 0.5) is 0 Å². The lowest BCUT2D eigenvalue weighted by atomic mass is 10.2. The monoisotopic (exact) mass is 235 g/mol. The molecule has 0 unspecified atom stereocenters. The van der Waals surface area contributed by atoms with Gasteiger partial charge >= 0.3 is 0 Å². The standard InChI is InChI=1S/C13H17NO3/c1-14(11-4-5-11)13(16)9-17-12-6-2-10(8-15)3-7-12/h2-3,6-7,11,15H,4-5,8-9H2,1H3. The summed E-state index contributed by atoms with van der Waals surface area (Å²) in [6, 6.07) is 7.50. The van der Waals surface area contributed by atoms with Crippen molar-refractivity contribution in [3.05, 3.63) is 29.8 Å². The van der Waals surface area contributed by atoms with Gasteiger partial charge in [-0.2, -0.15) is 0 Å². The van der Waals surface area contributed by atoms with Gasteiger partial charge in [-0.3, -0.25) is 4.79 Å². The van der Waals surface area contributed by atoms with Crippen LogP contribution in [0.15, 0.2) is 24.3 Å². The molecular weight excluding hydrogens is 218 g/mol. The highest BCUT2D eigenvalue weighted by atomic mass is 16.5. The van der Waals surface area contributed by atoms with Crippen LogP contribution in [-0.2, 0) is 11.4 Å². The molecule has 0 aliphatic heterocycles. The molecular formula is C13H17NO3. The zero-order valence-corrected chi connectivity index (χ0v) is 9.93. The molecule has 0 spiro atoms. The number of hydrogen-bond acceptors (Lipinski definition) is 3. The fourth-order valence-electron chi connectivity index (χ4n) is 1.60. The topological polar surface area (TPSA) is 49.8 Å². The summed E-state index contributed by atoms with van der Waals surface area (Å²) in [5.41, 5.74) is 0.832. The van der Waals surface area contributed by atoms with E-state index in [0.29, 0.717) is 11.8 Å². The van der Waals surface area contributed by atoms with Crippen LogP contribution in [0.1, 0.15) is 18.4 Å². The third kappa shape index (κ3) is 3.20. The van der Waals surface area contributed by atoms with Crippen molar-refractivity contribution >= 4 is 5.91 Å². The first kappa shape index (κ1) is 11.9. The summed E-state index contributed by atoms with van der Waals surface area (Å²) in [6.07, 6.45) is 2.21. The quantitative estimate of drug-likeness (QED) is 0.833. The molecule has 0 saturated heterocycles. The van der Waals surface area contributed by atoms with Crippen LogP contribution in [0.2, 0.25) is 0 Å². The summed E-state index contributed by atoms with van der Waals surface area (Å²) < 4.78 is 5.39. The van der Waals surface area contributed by atoms with Gasteiger partial charge in [0, 0.05) is 13.1 Å². The van der Waals surface area contributed by atoms with E-state index in [1.165, 1.54) is 0 Å². The number of likely N-dealkylation sites (N-methyl/N-ethyl adjacent to an activating group) is 1. The third-order valence-electron chi connectivity index (χ3n) is 2.96. The molecule has 4 nitrogen and oxygen atoms in total. The Morgan fingerprint density at radius 3 is 2.59 bits per heavy atom. The Kier molecular flexibility index (Phi) is 3.64. The molecule has 1 fully saturated rings. The second kappa shape index (κ2) is 5.19. The van der Waals surface area contributed by atoms with Crippen LogP contribution in [0.3, 0.4) is 0 Å². The maximum atomic E-state index is 11.7. The third-order valence-corrected chi connectivity index (χ3v) is 2.96. The second-order valence-corrected chi connectivity index (χ2v) is 4.33. The van der Waals surface area contributed by atoms with Crippen molar-refractivity contribution in [1.82, 2.24) is 4.90 Å². The van der Waals surface area contributed by atoms with E-state index in [1.54, 1.807) is 29.2 Å². The Morgan fingerprint density at radius 1 is 1.41 bits per heavy atom. The number of aliphatic hydroxyl groups excluding tert-OH is 1. The average molecular weight is 235 g/mol. The summed E-state index contributed by atoms with van der Waals surface area (Å²) in [7, 11) is 1.82. The molecule has 0 bridgehead atoms. The highest BCUT2D eigenvalue weighted by Gasteiger charge is 2.29. The predicted molar refractivity (Wildman–Crippen MR) is 63.7 cm³/mol. The zero-order valence-electron chi connectivity index (χ0n) is 9.93. The second-order valence-electron chi connectivity index (χ2n) is 4.33. The lowest BCUT2D eigenvalue weighted by Crippen LogP contribution is -2.33. The van der Waals surface area contributed by atoms with Gasteiger partial charge in [0.1, 0.15) is 5.75 Å². The molecule has 1 aromatic rings. The van der Waals surface area contributed by atoms with Gasteiger partial charge in [0.05, 0.1) is 6.61 Å². The van der Waals surface area contributed by atoms with Crippen LogP contribution in [0, 0.1) is 0 Å². The molecule has 1 aromatic carbocycles. The van der Waals surface area contributed by atoms with Crippen molar-refractivity contribution in [3.8, 4) is 5.75 Å². The molecule has 4 heteroatoms. The van der Waals surface area contributed by atoms with E-state index in [9.17, 15) is 4.79 Å². The first-order valence-electron chi connectivity index (χ1n) is 5.79. The summed E-state index contributed by atoms with van der Waals surface area (Å²) in [4.78, 5) is 13.4. The molecule has 0 radical (unpaired) electrons. The highest BCUT2D eigenvalue weighted by Crippen LogP contribution is 2.25. The van der Waals surface area contributed by atoms with Crippen molar-refractivity contribution in [3.63, 3.8) is 0 Å². The van der Waals surface area contributed by atoms with E-state index in [4.69, 9.17) is 9.84 Å². The van der Waals surface area contributed by atoms with Crippen molar-refractivity contribution in [1.29, 1.82) is 0 Å². The maximum absolute atomic E-state index is 11.7. The SMILES string of the molecule is CN(C(=O)COc1ccc(CO)cc1)C1CC1. The smallest absolute Gasteiger partial charge is 0.260 e. The van der Waals surface area contributed by atoms with Crippen LogP contribution in [0.25, 0.3) is 0 Å². The van der Waals surface area contributed by atoms with Crippen LogP contribution < -0.4 is 4.74 Å². The van der Waals surface area contributed by atoms with Crippen molar-refractivity contribution in [2.75, 3.05) is 13.7 Å². The van der Waals surface area contributed by atoms with E-state index in [1.807, 2.05) is 7.05 Å². The molecule has 0 heterocycles. The number of nitrogens with zero attached hydrogens (tertiary/aromatic N) is 1. The highest BCUT2D eigenvalue weighted by molar-refractivity contribution is 5.78. The summed E-state index contributed by atoms with van der Waals surface area (Å²) >= 11 is 0. The van der Waals surface area contributed by atoms with E-state index in [2.05, 4.69) is 0 Å². The summed E-state index contributed by atoms with van der Waals surface area (Å²) in [5, 5.41) is 8.89. The Hall–Kier alpha value is -1.55. The van der Waals surface area contributed by atoms with E-state index in [-0.39, 0.29) is 19.1 Å². The van der Waals surface area contributed by atoms with E-state index < -0.39 is 0 Å². The lowest BCUT2D eigenvalue weighted by Gasteiger charge is -2.16. The minimum Gasteiger partial charge on any atom is -0.484 e. The molecule has 1 amide bonds. The van der Waals surface area contributed by atoms with Gasteiger partial charge in [-0.25, -0.2) is 0 Å². The van der Waals surface area contributed by atoms with Gasteiger partial charge in [0.2, 0.25) is 0 Å². The minimum atomic E-state index is 0.0127. The molecule has 1 aliphatic rings. The van der Waals surface area contributed by atoms with Crippen LogP contribution in [0.5, 0.6) is 5.75 Å². The number of rotatable bonds is 5. The van der Waals surface area contributed by atoms with Crippen LogP contribution >= 0.6 is 0 Å². The number of carbonyl (C=O) groups excluding carboxylic acids is 1. The lowest BCUT2D eigenvalue weighted by molar-refractivity contribution is -0.132. The summed E-state index contributed by atoms with van der Waals surface area (Å²) in [5.74, 6) is 0.665. The molecule has 1 aliphatic carbocycles. The maximum Gasteiger partial charge on any atom is 0.260 e. The van der Waals surface area contributed by atoms with Crippen molar-refractivity contribution < 1.29 is 14.6 Å². The fourth-order valence-corrected chi connectivity index (χ4v) is 1.60.